The van der Waals surface area contributed by atoms with Crippen LogP contribution in [0.2, 0.25) is 10.0 Å². The summed E-state index contributed by atoms with van der Waals surface area (Å²) < 4.78 is 0. The highest BCUT2D eigenvalue weighted by Crippen LogP contribution is 2.19. The quantitative estimate of drug-likeness (QED) is 0.162. The normalized spacial score (nSPS) is 11.0. The van der Waals surface area contributed by atoms with Gasteiger partial charge in [-0.3, -0.25) is 5.43 Å². The molecule has 0 unspecified atom stereocenters. The molecule has 1 aromatic carbocycles. The molecule has 3 nitrogen and oxygen atoms in total. The summed E-state index contributed by atoms with van der Waals surface area (Å²) in [4.78, 5) is 0. The molecule has 0 aliphatic rings. The molecule has 0 amide bonds. The Kier molecular flexibility index (Phi) is 13.6. The van der Waals surface area contributed by atoms with E-state index < -0.39 is 0 Å². The number of nitrogens with one attached hydrogen (secondary N) is 2. The Balaban J connectivity index is 1.99. The van der Waals surface area contributed by atoms with E-state index in [0.29, 0.717) is 15.2 Å². The molecule has 1 aromatic rings. The van der Waals surface area contributed by atoms with Crippen molar-refractivity contribution in [1.82, 2.24) is 10.7 Å². The number of thiocarbonyl (C=S) groups is 1. The molecule has 0 aliphatic heterocycles. The van der Waals surface area contributed by atoms with Crippen molar-refractivity contribution >= 4 is 46.7 Å². The predicted molar refractivity (Wildman–Crippen MR) is 120 cm³/mol. The van der Waals surface area contributed by atoms with Crippen LogP contribution in [0.15, 0.2) is 23.3 Å². The van der Waals surface area contributed by atoms with E-state index in [1.165, 1.54) is 57.8 Å². The van der Waals surface area contributed by atoms with Crippen LogP contribution in [-0.4, -0.2) is 17.9 Å². The molecule has 2 N–H and O–H groups in total. The van der Waals surface area contributed by atoms with Crippen LogP contribution in [0.1, 0.15) is 76.7 Å². The second-order valence-electron chi connectivity index (χ2n) is 6.47. The molecule has 0 atom stereocenters. The molecular weight excluding hydrogens is 385 g/mol. The van der Waals surface area contributed by atoms with E-state index in [1.54, 1.807) is 18.3 Å². The number of benzene rings is 1. The molecule has 0 bridgehead atoms. The van der Waals surface area contributed by atoms with Gasteiger partial charge in [0.2, 0.25) is 0 Å². The highest BCUT2D eigenvalue weighted by Gasteiger charge is 1.98. The van der Waals surface area contributed by atoms with Crippen molar-refractivity contribution in [2.75, 3.05) is 6.54 Å². The smallest absolute Gasteiger partial charge is 0.186 e. The van der Waals surface area contributed by atoms with Gasteiger partial charge in [-0.2, -0.15) is 5.10 Å². The maximum Gasteiger partial charge on any atom is 0.186 e. The van der Waals surface area contributed by atoms with Crippen LogP contribution in [0, 0.1) is 0 Å². The Hall–Kier alpha value is -0.840. The van der Waals surface area contributed by atoms with Gasteiger partial charge >= 0.3 is 0 Å². The fourth-order valence-electron chi connectivity index (χ4n) is 2.62. The number of rotatable bonds is 13. The lowest BCUT2D eigenvalue weighted by Crippen LogP contribution is -2.32. The van der Waals surface area contributed by atoms with Crippen molar-refractivity contribution < 1.29 is 0 Å². The predicted octanol–water partition coefficient (Wildman–Crippen LogP) is 6.71. The molecule has 0 aliphatic carbocycles. The van der Waals surface area contributed by atoms with Crippen molar-refractivity contribution in [3.63, 3.8) is 0 Å². The topological polar surface area (TPSA) is 36.4 Å². The fourth-order valence-corrected chi connectivity index (χ4v) is 3.23. The van der Waals surface area contributed by atoms with Crippen molar-refractivity contribution in [3.05, 3.63) is 33.8 Å². The zero-order valence-corrected chi connectivity index (χ0v) is 18.0. The molecule has 0 saturated heterocycles. The lowest BCUT2D eigenvalue weighted by atomic mass is 10.1. The second-order valence-corrected chi connectivity index (χ2v) is 7.73. The van der Waals surface area contributed by atoms with Gasteiger partial charge in [0.1, 0.15) is 0 Å². The first kappa shape index (κ1) is 23.2. The van der Waals surface area contributed by atoms with Crippen molar-refractivity contribution in [2.24, 2.45) is 5.10 Å². The van der Waals surface area contributed by atoms with Crippen molar-refractivity contribution in [1.29, 1.82) is 0 Å². The molecule has 0 heterocycles. The molecular formula is C20H31Cl2N3S. The molecule has 0 aromatic heterocycles. The maximum atomic E-state index is 6.08. The average Bonchev–Trinajstić information content (AvgIpc) is 2.61. The third-order valence-corrected chi connectivity index (χ3v) is 4.95. The minimum absolute atomic E-state index is 0.530. The van der Waals surface area contributed by atoms with E-state index in [4.69, 9.17) is 35.4 Å². The number of hydrogen-bond donors (Lipinski definition) is 2. The van der Waals surface area contributed by atoms with Crippen LogP contribution in [0.4, 0.5) is 0 Å². The van der Waals surface area contributed by atoms with Crippen LogP contribution in [0.3, 0.4) is 0 Å². The monoisotopic (exact) mass is 415 g/mol. The Labute approximate surface area is 173 Å². The van der Waals surface area contributed by atoms with Crippen LogP contribution in [0.5, 0.6) is 0 Å². The Morgan fingerprint density at radius 2 is 1.62 bits per heavy atom. The van der Waals surface area contributed by atoms with Gasteiger partial charge in [-0.25, -0.2) is 0 Å². The van der Waals surface area contributed by atoms with Gasteiger partial charge in [0, 0.05) is 17.1 Å². The Morgan fingerprint density at radius 1 is 1.00 bits per heavy atom. The highest BCUT2D eigenvalue weighted by atomic mass is 35.5. The zero-order valence-electron chi connectivity index (χ0n) is 15.7. The van der Waals surface area contributed by atoms with Crippen molar-refractivity contribution in [3.8, 4) is 0 Å². The molecule has 0 radical (unpaired) electrons. The largest absolute Gasteiger partial charge is 0.361 e. The van der Waals surface area contributed by atoms with Crippen LogP contribution in [-0.2, 0) is 0 Å². The van der Waals surface area contributed by atoms with Gasteiger partial charge in [-0.05, 0) is 30.8 Å². The lowest BCUT2D eigenvalue weighted by Gasteiger charge is -2.07. The van der Waals surface area contributed by atoms with Crippen LogP contribution >= 0.6 is 35.4 Å². The number of nitrogens with zero attached hydrogens (tertiary/aromatic N) is 1. The van der Waals surface area contributed by atoms with Gasteiger partial charge in [0.05, 0.1) is 11.2 Å². The maximum absolute atomic E-state index is 6.08. The van der Waals surface area contributed by atoms with E-state index in [1.807, 2.05) is 6.07 Å². The molecule has 1 rings (SSSR count). The van der Waals surface area contributed by atoms with Gasteiger partial charge in [0.25, 0.3) is 0 Å². The van der Waals surface area contributed by atoms with Crippen molar-refractivity contribution in [2.45, 2.75) is 71.1 Å². The van der Waals surface area contributed by atoms with E-state index in [9.17, 15) is 0 Å². The van der Waals surface area contributed by atoms with Gasteiger partial charge in [-0.15, -0.1) is 0 Å². The Bertz CT molecular complexity index is 550. The first-order valence-corrected chi connectivity index (χ1v) is 10.8. The minimum Gasteiger partial charge on any atom is -0.361 e. The molecule has 6 heteroatoms. The standard InChI is InChI=1S/C20H31Cl2N3S/c1-2-3-4-5-6-7-8-9-10-11-14-23-20(26)25-24-16-17-12-13-18(21)15-19(17)22/h12-13,15-16H,2-11,14H2,1H3,(H2,23,25,26)/b24-16+. The van der Waals surface area contributed by atoms with Gasteiger partial charge in [-0.1, -0.05) is 94.0 Å². The number of halogens is 2. The minimum atomic E-state index is 0.530. The highest BCUT2D eigenvalue weighted by molar-refractivity contribution is 7.80. The summed E-state index contributed by atoms with van der Waals surface area (Å²) in [7, 11) is 0. The summed E-state index contributed by atoms with van der Waals surface area (Å²) in [6, 6.07) is 5.28. The summed E-state index contributed by atoms with van der Waals surface area (Å²) in [6.07, 6.45) is 14.9. The van der Waals surface area contributed by atoms with E-state index in [0.717, 1.165) is 18.5 Å². The summed E-state index contributed by atoms with van der Waals surface area (Å²) in [5.41, 5.74) is 3.60. The molecule has 0 fully saturated rings. The van der Waals surface area contributed by atoms with E-state index in [2.05, 4.69) is 22.8 Å². The van der Waals surface area contributed by atoms with E-state index in [-0.39, 0.29) is 0 Å². The molecule has 146 valence electrons. The molecule has 0 spiro atoms. The van der Waals surface area contributed by atoms with Crippen LogP contribution < -0.4 is 10.7 Å². The lowest BCUT2D eigenvalue weighted by molar-refractivity contribution is 0.554. The van der Waals surface area contributed by atoms with E-state index >= 15 is 0 Å². The number of hydrogen-bond acceptors (Lipinski definition) is 2. The van der Waals surface area contributed by atoms with Gasteiger partial charge < -0.3 is 5.32 Å². The third kappa shape index (κ3) is 11.7. The first-order chi connectivity index (χ1) is 12.6. The SMILES string of the molecule is CCCCCCCCCCCCNC(=S)N/N=C/c1ccc(Cl)cc1Cl. The number of unbranched alkanes of at least 4 members (excludes halogenated alkanes) is 9. The summed E-state index contributed by atoms with van der Waals surface area (Å²) in [5, 5.41) is 8.96. The van der Waals surface area contributed by atoms with Gasteiger partial charge in [0.15, 0.2) is 5.11 Å². The number of hydrazone groups is 1. The second kappa shape index (κ2) is 15.2. The fraction of sp³-hybridized carbons (Fsp3) is 0.600. The average molecular weight is 416 g/mol. The third-order valence-electron chi connectivity index (χ3n) is 4.15. The Morgan fingerprint density at radius 3 is 2.23 bits per heavy atom. The summed E-state index contributed by atoms with van der Waals surface area (Å²) in [5.74, 6) is 0. The van der Waals surface area contributed by atoms with Crippen LogP contribution in [0.25, 0.3) is 0 Å². The summed E-state index contributed by atoms with van der Waals surface area (Å²) in [6.45, 7) is 3.14. The first-order valence-electron chi connectivity index (χ1n) is 9.65. The molecule has 0 saturated carbocycles. The molecule has 26 heavy (non-hydrogen) atoms. The zero-order chi connectivity index (χ0) is 19.0. The summed E-state index contributed by atoms with van der Waals surface area (Å²) >= 11 is 17.1.